The number of anilines is 2. The smallest absolute Gasteiger partial charge is 0.251 e. The van der Waals surface area contributed by atoms with Gasteiger partial charge in [-0.15, -0.1) is 0 Å². The molecule has 0 unspecified atom stereocenters. The van der Waals surface area contributed by atoms with Gasteiger partial charge in [0.25, 0.3) is 5.91 Å². The van der Waals surface area contributed by atoms with E-state index < -0.39 is 0 Å². The van der Waals surface area contributed by atoms with Gasteiger partial charge in [-0.05, 0) is 60.4 Å². The Morgan fingerprint density at radius 1 is 0.946 bits per heavy atom. The van der Waals surface area contributed by atoms with Crippen LogP contribution < -0.4 is 16.4 Å². The van der Waals surface area contributed by atoms with Crippen LogP contribution in [0.1, 0.15) is 32.6 Å². The molecule has 0 atom stereocenters. The highest BCUT2D eigenvalue weighted by atomic mass is 35.5. The van der Waals surface area contributed by atoms with Crippen molar-refractivity contribution in [1.82, 2.24) is 14.7 Å². The summed E-state index contributed by atoms with van der Waals surface area (Å²) in [4.78, 5) is 17.9. The number of amides is 1. The van der Waals surface area contributed by atoms with Crippen molar-refractivity contribution in [3.05, 3.63) is 118 Å². The summed E-state index contributed by atoms with van der Waals surface area (Å²) in [5.74, 6) is 0.637. The lowest BCUT2D eigenvalue weighted by molar-refractivity contribution is 0.0951. The lowest BCUT2D eigenvalue weighted by Gasteiger charge is -2.14. The van der Waals surface area contributed by atoms with Crippen LogP contribution in [-0.4, -0.2) is 15.3 Å². The monoisotopic (exact) mass is 509 g/mol. The fourth-order valence-corrected chi connectivity index (χ4v) is 4.61. The van der Waals surface area contributed by atoms with Crippen LogP contribution in [0.25, 0.3) is 16.9 Å². The molecule has 0 aliphatic rings. The van der Waals surface area contributed by atoms with Gasteiger partial charge in [0.15, 0.2) is 0 Å². The molecule has 5 aromatic rings. The lowest BCUT2D eigenvalue weighted by Crippen LogP contribution is -2.23. The normalized spacial score (nSPS) is 11.0. The van der Waals surface area contributed by atoms with E-state index in [0.717, 1.165) is 45.0 Å². The van der Waals surface area contributed by atoms with E-state index in [4.69, 9.17) is 22.3 Å². The van der Waals surface area contributed by atoms with Gasteiger partial charge in [0, 0.05) is 41.1 Å². The van der Waals surface area contributed by atoms with Gasteiger partial charge in [-0.25, -0.2) is 4.98 Å². The Kier molecular flexibility index (Phi) is 6.95. The number of hydrogen-bond donors (Lipinski definition) is 3. The van der Waals surface area contributed by atoms with Gasteiger partial charge in [-0.2, -0.15) is 0 Å². The molecule has 0 saturated carbocycles. The van der Waals surface area contributed by atoms with Crippen LogP contribution in [0.5, 0.6) is 0 Å². The van der Waals surface area contributed by atoms with Crippen molar-refractivity contribution >= 4 is 34.7 Å². The molecule has 7 heteroatoms. The van der Waals surface area contributed by atoms with Crippen LogP contribution in [0.3, 0.4) is 0 Å². The van der Waals surface area contributed by atoms with E-state index in [1.54, 1.807) is 12.1 Å². The maximum absolute atomic E-state index is 13.0. The number of nitrogens with two attached hydrogens (primary N) is 1. The number of halogens is 1. The molecular formula is C30H28ClN5O. The zero-order chi connectivity index (χ0) is 25.9. The number of aromatic nitrogens is 2. The molecule has 0 fully saturated rings. The van der Waals surface area contributed by atoms with Gasteiger partial charge in [0.2, 0.25) is 0 Å². The first kappa shape index (κ1) is 24.6. The highest BCUT2D eigenvalue weighted by Crippen LogP contribution is 2.34. The molecule has 4 N–H and O–H groups in total. The van der Waals surface area contributed by atoms with Crippen LogP contribution in [-0.2, 0) is 13.1 Å². The van der Waals surface area contributed by atoms with Gasteiger partial charge in [-0.3, -0.25) is 9.20 Å². The number of pyridine rings is 1. The number of benzene rings is 3. The fourth-order valence-electron chi connectivity index (χ4n) is 4.42. The predicted molar refractivity (Wildman–Crippen MR) is 150 cm³/mol. The molecule has 1 amide bonds. The molecule has 3 aromatic carbocycles. The summed E-state index contributed by atoms with van der Waals surface area (Å²) in [6.45, 7) is 5.03. The summed E-state index contributed by atoms with van der Waals surface area (Å²) in [5.41, 5.74) is 13.9. The van der Waals surface area contributed by atoms with E-state index in [1.807, 2.05) is 65.2 Å². The van der Waals surface area contributed by atoms with Crippen molar-refractivity contribution in [3.8, 4) is 11.3 Å². The quantitative estimate of drug-likeness (QED) is 0.237. The van der Waals surface area contributed by atoms with Crippen LogP contribution in [0.15, 0.2) is 85.1 Å². The number of hydrogen-bond acceptors (Lipinski definition) is 4. The molecule has 0 bridgehead atoms. The molecular weight excluding hydrogens is 482 g/mol. The van der Waals surface area contributed by atoms with Gasteiger partial charge >= 0.3 is 0 Å². The number of imidazole rings is 1. The highest BCUT2D eigenvalue weighted by molar-refractivity contribution is 6.30. The Hall–Kier alpha value is -4.13. The van der Waals surface area contributed by atoms with E-state index >= 15 is 0 Å². The van der Waals surface area contributed by atoms with Crippen LogP contribution in [0.4, 0.5) is 11.5 Å². The number of para-hydroxylation sites is 1. The minimum Gasteiger partial charge on any atom is -0.348 e. The molecule has 6 nitrogen and oxygen atoms in total. The number of nitrogens with zero attached hydrogens (tertiary/aromatic N) is 2. The number of rotatable bonds is 7. The minimum atomic E-state index is -0.169. The number of aryl methyl sites for hydroxylation is 2. The Balaban J connectivity index is 1.51. The lowest BCUT2D eigenvalue weighted by atomic mass is 10.1. The summed E-state index contributed by atoms with van der Waals surface area (Å²) in [6, 6.07) is 25.3. The molecule has 0 aliphatic carbocycles. The SMILES string of the molecule is Cc1cccc(C)c1Nc1c(-c2cccc(Cl)c2)nc2cc(C(=O)NCc3cccc(CN)c3)ccn12. The standard InChI is InChI=1S/C30H28ClN5O/c1-19-6-3-7-20(2)27(19)35-29-28(23-10-5-11-25(31)15-23)34-26-16-24(12-13-36(26)29)30(37)33-18-22-9-4-8-21(14-22)17-32/h3-16,35H,17-18,32H2,1-2H3,(H,33,37). The topological polar surface area (TPSA) is 84.5 Å². The summed E-state index contributed by atoms with van der Waals surface area (Å²) < 4.78 is 1.96. The van der Waals surface area contributed by atoms with Crippen molar-refractivity contribution in [2.24, 2.45) is 5.73 Å². The molecule has 5 rings (SSSR count). The molecule has 186 valence electrons. The third-order valence-corrected chi connectivity index (χ3v) is 6.63. The summed E-state index contributed by atoms with van der Waals surface area (Å²) in [5, 5.41) is 7.23. The largest absolute Gasteiger partial charge is 0.348 e. The van der Waals surface area contributed by atoms with Gasteiger partial charge in [0.05, 0.1) is 0 Å². The third kappa shape index (κ3) is 5.21. The van der Waals surface area contributed by atoms with Crippen molar-refractivity contribution in [2.45, 2.75) is 26.9 Å². The molecule has 0 radical (unpaired) electrons. The van der Waals surface area contributed by atoms with E-state index in [-0.39, 0.29) is 5.91 Å². The fraction of sp³-hybridized carbons (Fsp3) is 0.133. The summed E-state index contributed by atoms with van der Waals surface area (Å²) in [6.07, 6.45) is 1.87. The molecule has 0 saturated heterocycles. The Bertz CT molecular complexity index is 1590. The third-order valence-electron chi connectivity index (χ3n) is 6.39. The van der Waals surface area contributed by atoms with E-state index in [9.17, 15) is 4.79 Å². The second kappa shape index (κ2) is 10.5. The molecule has 0 aliphatic heterocycles. The average Bonchev–Trinajstić information content (AvgIpc) is 3.27. The number of carbonyl (C=O) groups excluding carboxylic acids is 1. The van der Waals surface area contributed by atoms with E-state index in [2.05, 4.69) is 36.6 Å². The van der Waals surface area contributed by atoms with Gasteiger partial charge < -0.3 is 16.4 Å². The maximum atomic E-state index is 13.0. The Morgan fingerprint density at radius 3 is 2.43 bits per heavy atom. The zero-order valence-corrected chi connectivity index (χ0v) is 21.5. The first-order valence-electron chi connectivity index (χ1n) is 12.1. The maximum Gasteiger partial charge on any atom is 0.251 e. The average molecular weight is 510 g/mol. The summed E-state index contributed by atoms with van der Waals surface area (Å²) >= 11 is 6.31. The second-order valence-corrected chi connectivity index (χ2v) is 9.50. The van der Waals surface area contributed by atoms with Crippen LogP contribution >= 0.6 is 11.6 Å². The van der Waals surface area contributed by atoms with Gasteiger partial charge in [-0.1, -0.05) is 66.2 Å². The number of carbonyl (C=O) groups is 1. The van der Waals surface area contributed by atoms with Crippen molar-refractivity contribution in [1.29, 1.82) is 0 Å². The number of nitrogens with one attached hydrogen (secondary N) is 2. The van der Waals surface area contributed by atoms with Gasteiger partial charge in [0.1, 0.15) is 17.2 Å². The van der Waals surface area contributed by atoms with Crippen molar-refractivity contribution in [3.63, 3.8) is 0 Å². The zero-order valence-electron chi connectivity index (χ0n) is 20.8. The molecule has 37 heavy (non-hydrogen) atoms. The van der Waals surface area contributed by atoms with Crippen molar-refractivity contribution < 1.29 is 4.79 Å². The molecule has 2 heterocycles. The second-order valence-electron chi connectivity index (χ2n) is 9.06. The van der Waals surface area contributed by atoms with E-state index in [1.165, 1.54) is 0 Å². The minimum absolute atomic E-state index is 0.169. The highest BCUT2D eigenvalue weighted by Gasteiger charge is 2.18. The van der Waals surface area contributed by atoms with Crippen LogP contribution in [0.2, 0.25) is 5.02 Å². The Labute approximate surface area is 221 Å². The van der Waals surface area contributed by atoms with E-state index in [0.29, 0.717) is 29.3 Å². The number of fused-ring (bicyclic) bond motifs is 1. The Morgan fingerprint density at radius 2 is 1.68 bits per heavy atom. The summed E-state index contributed by atoms with van der Waals surface area (Å²) in [7, 11) is 0. The van der Waals surface area contributed by atoms with Crippen molar-refractivity contribution in [2.75, 3.05) is 5.32 Å². The van der Waals surface area contributed by atoms with Crippen LogP contribution in [0, 0.1) is 13.8 Å². The predicted octanol–water partition coefficient (Wildman–Crippen LogP) is 6.40. The molecule has 2 aromatic heterocycles. The molecule has 0 spiro atoms. The first-order chi connectivity index (χ1) is 17.9. The first-order valence-corrected chi connectivity index (χ1v) is 12.5.